The second-order valence-corrected chi connectivity index (χ2v) is 9.07. The normalized spacial score (nSPS) is 17.7. The number of piperidine rings is 1. The van der Waals surface area contributed by atoms with E-state index >= 15 is 0 Å². The van der Waals surface area contributed by atoms with E-state index in [4.69, 9.17) is 0 Å². The van der Waals surface area contributed by atoms with Gasteiger partial charge in [-0.05, 0) is 50.4 Å². The summed E-state index contributed by atoms with van der Waals surface area (Å²) in [6.07, 6.45) is 2.15. The number of hydrogen-bond donors (Lipinski definition) is 2. The third-order valence-electron chi connectivity index (χ3n) is 5.27. The standard InChI is InChI=1S/C21H28N2O3S/c1-18-8-10-20(11-9-18)27(25,26)22-14-5-15-23-16-12-21(24,13-17-23)19-6-3-2-4-7-19/h2-4,6-11,22,24H,5,12-17H2,1H3. The molecule has 27 heavy (non-hydrogen) atoms. The summed E-state index contributed by atoms with van der Waals surface area (Å²) in [7, 11) is -3.44. The largest absolute Gasteiger partial charge is 0.385 e. The van der Waals surface area contributed by atoms with Crippen molar-refractivity contribution in [2.45, 2.75) is 36.7 Å². The number of sulfonamides is 1. The summed E-state index contributed by atoms with van der Waals surface area (Å²) in [4.78, 5) is 2.59. The summed E-state index contributed by atoms with van der Waals surface area (Å²) >= 11 is 0. The van der Waals surface area contributed by atoms with Crippen LogP contribution in [0.25, 0.3) is 0 Å². The van der Waals surface area contributed by atoms with E-state index < -0.39 is 15.6 Å². The molecule has 0 spiro atoms. The third kappa shape index (κ3) is 5.17. The van der Waals surface area contributed by atoms with Gasteiger partial charge in [0.05, 0.1) is 10.5 Å². The molecule has 0 amide bonds. The van der Waals surface area contributed by atoms with Crippen molar-refractivity contribution in [3.63, 3.8) is 0 Å². The van der Waals surface area contributed by atoms with Crippen LogP contribution < -0.4 is 4.72 Å². The topological polar surface area (TPSA) is 69.6 Å². The van der Waals surface area contributed by atoms with Gasteiger partial charge in [-0.25, -0.2) is 13.1 Å². The Morgan fingerprint density at radius 3 is 2.30 bits per heavy atom. The van der Waals surface area contributed by atoms with Crippen LogP contribution in [0.1, 0.15) is 30.4 Å². The summed E-state index contributed by atoms with van der Waals surface area (Å²) in [6.45, 7) is 4.80. The summed E-state index contributed by atoms with van der Waals surface area (Å²) < 4.78 is 27.2. The smallest absolute Gasteiger partial charge is 0.240 e. The zero-order valence-electron chi connectivity index (χ0n) is 15.8. The van der Waals surface area contributed by atoms with E-state index in [1.807, 2.05) is 37.3 Å². The van der Waals surface area contributed by atoms with Crippen LogP contribution in [0.4, 0.5) is 0 Å². The monoisotopic (exact) mass is 388 g/mol. The van der Waals surface area contributed by atoms with Crippen LogP contribution in [-0.4, -0.2) is 44.6 Å². The zero-order valence-corrected chi connectivity index (χ0v) is 16.6. The van der Waals surface area contributed by atoms with Gasteiger partial charge >= 0.3 is 0 Å². The molecule has 3 rings (SSSR count). The molecule has 1 saturated heterocycles. The molecule has 2 N–H and O–H groups in total. The Labute approximate surface area is 162 Å². The molecule has 146 valence electrons. The molecule has 0 saturated carbocycles. The van der Waals surface area contributed by atoms with Gasteiger partial charge in [-0.3, -0.25) is 0 Å². The van der Waals surface area contributed by atoms with Crippen molar-refractivity contribution in [3.8, 4) is 0 Å². The molecular formula is C21H28N2O3S. The van der Waals surface area contributed by atoms with Crippen LogP contribution in [0.5, 0.6) is 0 Å². The lowest BCUT2D eigenvalue weighted by Gasteiger charge is -2.38. The Hall–Kier alpha value is -1.73. The Morgan fingerprint density at radius 1 is 1.04 bits per heavy atom. The van der Waals surface area contributed by atoms with Crippen molar-refractivity contribution in [2.75, 3.05) is 26.2 Å². The summed E-state index contributed by atoms with van der Waals surface area (Å²) in [5, 5.41) is 10.9. The first kappa shape index (κ1) is 20.0. The summed E-state index contributed by atoms with van der Waals surface area (Å²) in [6, 6.07) is 16.7. The molecule has 0 unspecified atom stereocenters. The minimum Gasteiger partial charge on any atom is -0.385 e. The van der Waals surface area contributed by atoms with E-state index in [1.165, 1.54) is 0 Å². The second kappa shape index (κ2) is 8.52. The van der Waals surface area contributed by atoms with Crippen LogP contribution in [0.15, 0.2) is 59.5 Å². The lowest BCUT2D eigenvalue weighted by Crippen LogP contribution is -2.43. The van der Waals surface area contributed by atoms with Crippen LogP contribution in [0.3, 0.4) is 0 Å². The first-order valence-electron chi connectivity index (χ1n) is 9.46. The van der Waals surface area contributed by atoms with Gasteiger partial charge in [0.25, 0.3) is 0 Å². The van der Waals surface area contributed by atoms with Gasteiger partial charge in [0.15, 0.2) is 0 Å². The van der Waals surface area contributed by atoms with Crippen molar-refractivity contribution >= 4 is 10.0 Å². The molecule has 1 fully saturated rings. The number of aryl methyl sites for hydroxylation is 1. The lowest BCUT2D eigenvalue weighted by atomic mass is 9.84. The molecule has 0 radical (unpaired) electrons. The molecule has 2 aromatic carbocycles. The van der Waals surface area contributed by atoms with Gasteiger partial charge in [0.2, 0.25) is 10.0 Å². The number of rotatable bonds is 7. The molecular weight excluding hydrogens is 360 g/mol. The molecule has 0 bridgehead atoms. The lowest BCUT2D eigenvalue weighted by molar-refractivity contribution is -0.0259. The average Bonchev–Trinajstić information content (AvgIpc) is 2.68. The second-order valence-electron chi connectivity index (χ2n) is 7.30. The molecule has 1 heterocycles. The highest BCUT2D eigenvalue weighted by Gasteiger charge is 2.33. The fourth-order valence-electron chi connectivity index (χ4n) is 3.49. The molecule has 1 aliphatic rings. The average molecular weight is 389 g/mol. The maximum Gasteiger partial charge on any atom is 0.240 e. The Balaban J connectivity index is 1.42. The van der Waals surface area contributed by atoms with Crippen LogP contribution in [0, 0.1) is 6.92 Å². The van der Waals surface area contributed by atoms with E-state index in [1.54, 1.807) is 24.3 Å². The van der Waals surface area contributed by atoms with Crippen LogP contribution >= 0.6 is 0 Å². The summed E-state index contributed by atoms with van der Waals surface area (Å²) in [5.41, 5.74) is 1.27. The third-order valence-corrected chi connectivity index (χ3v) is 6.75. The number of likely N-dealkylation sites (tertiary alicyclic amines) is 1. The van der Waals surface area contributed by atoms with Gasteiger partial charge in [-0.2, -0.15) is 0 Å². The van der Waals surface area contributed by atoms with E-state index in [-0.39, 0.29) is 0 Å². The van der Waals surface area contributed by atoms with E-state index in [9.17, 15) is 13.5 Å². The Bertz CT molecular complexity index is 827. The van der Waals surface area contributed by atoms with Crippen LogP contribution in [-0.2, 0) is 15.6 Å². The highest BCUT2D eigenvalue weighted by atomic mass is 32.2. The quantitative estimate of drug-likeness (QED) is 0.716. The Morgan fingerprint density at radius 2 is 1.67 bits per heavy atom. The number of aliphatic hydroxyl groups is 1. The molecule has 0 aliphatic carbocycles. The van der Waals surface area contributed by atoms with Crippen LogP contribution in [0.2, 0.25) is 0 Å². The Kier molecular flexibility index (Phi) is 6.32. The van der Waals surface area contributed by atoms with Gasteiger partial charge < -0.3 is 10.0 Å². The molecule has 2 aromatic rings. The van der Waals surface area contributed by atoms with Crippen molar-refractivity contribution in [1.82, 2.24) is 9.62 Å². The van der Waals surface area contributed by atoms with E-state index in [2.05, 4.69) is 9.62 Å². The van der Waals surface area contributed by atoms with Gasteiger partial charge in [-0.1, -0.05) is 48.0 Å². The highest BCUT2D eigenvalue weighted by Crippen LogP contribution is 2.32. The highest BCUT2D eigenvalue weighted by molar-refractivity contribution is 7.89. The molecule has 0 aromatic heterocycles. The van der Waals surface area contributed by atoms with E-state index in [0.717, 1.165) is 37.2 Å². The van der Waals surface area contributed by atoms with Crippen molar-refractivity contribution < 1.29 is 13.5 Å². The predicted octanol–water partition coefficient (Wildman–Crippen LogP) is 2.65. The molecule has 6 heteroatoms. The number of nitrogens with one attached hydrogen (secondary N) is 1. The minimum absolute atomic E-state index is 0.305. The van der Waals surface area contributed by atoms with Gasteiger partial charge in [0.1, 0.15) is 0 Å². The molecule has 1 aliphatic heterocycles. The van der Waals surface area contributed by atoms with Crippen molar-refractivity contribution in [2.24, 2.45) is 0 Å². The van der Waals surface area contributed by atoms with Crippen molar-refractivity contribution in [3.05, 3.63) is 65.7 Å². The van der Waals surface area contributed by atoms with Crippen molar-refractivity contribution in [1.29, 1.82) is 0 Å². The SMILES string of the molecule is Cc1ccc(S(=O)(=O)NCCCN2CCC(O)(c3ccccc3)CC2)cc1. The van der Waals surface area contributed by atoms with E-state index in [0.29, 0.717) is 24.3 Å². The minimum atomic E-state index is -3.44. The molecule has 5 nitrogen and oxygen atoms in total. The first-order valence-corrected chi connectivity index (χ1v) is 10.9. The maximum absolute atomic E-state index is 12.3. The van der Waals surface area contributed by atoms with Gasteiger partial charge in [0, 0.05) is 19.6 Å². The number of benzene rings is 2. The fraction of sp³-hybridized carbons (Fsp3) is 0.429. The summed E-state index contributed by atoms with van der Waals surface area (Å²) in [5.74, 6) is 0. The molecule has 0 atom stereocenters. The number of nitrogens with zero attached hydrogens (tertiary/aromatic N) is 1. The predicted molar refractivity (Wildman–Crippen MR) is 107 cm³/mol. The first-order chi connectivity index (χ1) is 12.9. The zero-order chi connectivity index (χ0) is 19.3. The maximum atomic E-state index is 12.3. The fourth-order valence-corrected chi connectivity index (χ4v) is 4.57. The number of hydrogen-bond acceptors (Lipinski definition) is 4. The van der Waals surface area contributed by atoms with Gasteiger partial charge in [-0.15, -0.1) is 0 Å².